The van der Waals surface area contributed by atoms with Crippen LogP contribution in [0.4, 0.5) is 0 Å². The summed E-state index contributed by atoms with van der Waals surface area (Å²) in [5, 5.41) is 2.16. The Labute approximate surface area is 235 Å². The fourth-order valence-electron chi connectivity index (χ4n) is 3.21. The molecule has 1 aliphatic rings. The van der Waals surface area contributed by atoms with Crippen molar-refractivity contribution >= 4 is 85.3 Å². The first-order valence-corrected chi connectivity index (χ1v) is 13.1. The number of hydrazine groups is 1. The number of hydrogen-bond acceptors (Lipinski definition) is 6. The lowest BCUT2D eigenvalue weighted by molar-refractivity contribution is -0.123. The lowest BCUT2D eigenvalue weighted by atomic mass is 10.1. The summed E-state index contributed by atoms with van der Waals surface area (Å²) in [5.41, 5.74) is 4.40. The number of halogens is 3. The molecule has 0 spiro atoms. The number of thioether (sulfide) groups is 1. The number of carbonyl (C=O) groups is 2. The Hall–Kier alpha value is -2.56. The number of benzene rings is 3. The molecule has 11 heteroatoms. The predicted molar refractivity (Wildman–Crippen MR) is 150 cm³/mol. The zero-order valence-electron chi connectivity index (χ0n) is 18.6. The van der Waals surface area contributed by atoms with Crippen LogP contribution >= 0.6 is 63.1 Å². The molecule has 184 valence electrons. The maximum Gasteiger partial charge on any atom is 0.285 e. The van der Waals surface area contributed by atoms with Gasteiger partial charge in [0, 0.05) is 21.2 Å². The van der Waals surface area contributed by atoms with Crippen molar-refractivity contribution in [3.05, 3.63) is 96.8 Å². The van der Waals surface area contributed by atoms with Gasteiger partial charge in [-0.25, -0.2) is 0 Å². The van der Waals surface area contributed by atoms with E-state index in [1.807, 2.05) is 18.2 Å². The van der Waals surface area contributed by atoms with Crippen molar-refractivity contribution in [1.82, 2.24) is 10.4 Å². The number of amides is 2. The van der Waals surface area contributed by atoms with Crippen LogP contribution in [0.2, 0.25) is 10.0 Å². The summed E-state index contributed by atoms with van der Waals surface area (Å²) in [7, 11) is 1.53. The van der Waals surface area contributed by atoms with Crippen LogP contribution in [0.3, 0.4) is 0 Å². The van der Waals surface area contributed by atoms with Gasteiger partial charge in [0.1, 0.15) is 6.61 Å². The second-order valence-electron chi connectivity index (χ2n) is 7.38. The molecule has 3 aromatic rings. The van der Waals surface area contributed by atoms with Crippen LogP contribution in [-0.2, 0) is 11.4 Å². The Morgan fingerprint density at radius 2 is 1.89 bits per heavy atom. The van der Waals surface area contributed by atoms with Crippen molar-refractivity contribution in [2.75, 3.05) is 7.11 Å². The molecule has 1 saturated heterocycles. The van der Waals surface area contributed by atoms with E-state index in [0.29, 0.717) is 42.0 Å². The Morgan fingerprint density at radius 3 is 2.58 bits per heavy atom. The van der Waals surface area contributed by atoms with Gasteiger partial charge in [-0.1, -0.05) is 53.2 Å². The van der Waals surface area contributed by atoms with Gasteiger partial charge < -0.3 is 9.47 Å². The highest BCUT2D eigenvalue weighted by Gasteiger charge is 2.34. The highest BCUT2D eigenvalue weighted by atomic mass is 79.9. The first-order chi connectivity index (χ1) is 17.3. The molecule has 1 heterocycles. The molecule has 36 heavy (non-hydrogen) atoms. The zero-order valence-corrected chi connectivity index (χ0v) is 23.3. The molecule has 0 saturated carbocycles. The van der Waals surface area contributed by atoms with E-state index in [0.717, 1.165) is 22.3 Å². The summed E-state index contributed by atoms with van der Waals surface area (Å²) in [6, 6.07) is 17.2. The molecule has 0 aliphatic carbocycles. The van der Waals surface area contributed by atoms with Crippen molar-refractivity contribution in [1.29, 1.82) is 0 Å². The summed E-state index contributed by atoms with van der Waals surface area (Å²) in [6.45, 7) is 0.250. The lowest BCUT2D eigenvalue weighted by Gasteiger charge is -2.15. The summed E-state index contributed by atoms with van der Waals surface area (Å²) < 4.78 is 12.3. The van der Waals surface area contributed by atoms with E-state index in [1.165, 1.54) is 7.11 Å². The van der Waals surface area contributed by atoms with Crippen LogP contribution in [0.5, 0.6) is 11.5 Å². The fraction of sp³-hybridized carbons (Fsp3) is 0.0800. The van der Waals surface area contributed by atoms with E-state index >= 15 is 0 Å². The van der Waals surface area contributed by atoms with E-state index in [1.54, 1.807) is 48.5 Å². The van der Waals surface area contributed by atoms with E-state index in [2.05, 4.69) is 21.4 Å². The highest BCUT2D eigenvalue weighted by molar-refractivity contribution is 9.10. The van der Waals surface area contributed by atoms with Gasteiger partial charge in [0.2, 0.25) is 0 Å². The van der Waals surface area contributed by atoms with Gasteiger partial charge in [0.05, 0.1) is 16.5 Å². The molecule has 2 amide bonds. The minimum Gasteiger partial charge on any atom is -0.493 e. The zero-order chi connectivity index (χ0) is 25.8. The Morgan fingerprint density at radius 1 is 1.17 bits per heavy atom. The number of methoxy groups -OCH3 is 1. The number of hydrogen-bond donors (Lipinski definition) is 1. The number of rotatable bonds is 7. The monoisotopic (exact) mass is 622 g/mol. The Balaban J connectivity index is 1.51. The average molecular weight is 624 g/mol. The number of carbonyl (C=O) groups excluding carboxylic acids is 2. The van der Waals surface area contributed by atoms with E-state index in [9.17, 15) is 9.59 Å². The predicted octanol–water partition coefficient (Wildman–Crippen LogP) is 6.89. The third-order valence-corrected chi connectivity index (χ3v) is 7.50. The minimum absolute atomic E-state index is 0.208. The largest absolute Gasteiger partial charge is 0.493 e. The molecular formula is C25H17BrCl2N2O4S2. The second kappa shape index (κ2) is 11.7. The summed E-state index contributed by atoms with van der Waals surface area (Å²) >= 11 is 22.0. The van der Waals surface area contributed by atoms with Gasteiger partial charge in [0.25, 0.3) is 11.8 Å². The molecule has 0 unspecified atom stereocenters. The Kier molecular flexibility index (Phi) is 8.58. The SMILES string of the molecule is COc1cc(/C=C2/SC(=S)N(NC(=O)c3ccc(Cl)cc3)C2=O)cc(Br)c1OCc1ccccc1Cl. The van der Waals surface area contributed by atoms with Gasteiger partial charge in [-0.2, -0.15) is 5.01 Å². The van der Waals surface area contributed by atoms with Crippen LogP contribution in [0.25, 0.3) is 6.08 Å². The lowest BCUT2D eigenvalue weighted by Crippen LogP contribution is -2.44. The van der Waals surface area contributed by atoms with Crippen molar-refractivity contribution in [3.63, 3.8) is 0 Å². The summed E-state index contributed by atoms with van der Waals surface area (Å²) in [6.07, 6.45) is 1.67. The van der Waals surface area contributed by atoms with Gasteiger partial charge in [0.15, 0.2) is 15.8 Å². The normalized spacial score (nSPS) is 14.3. The molecule has 4 rings (SSSR count). The van der Waals surface area contributed by atoms with Crippen molar-refractivity contribution in [2.45, 2.75) is 6.61 Å². The standard InChI is InChI=1S/C25H17BrCl2N2O4S2/c1-33-20-11-14(10-18(26)22(20)34-13-16-4-2-3-5-19(16)28)12-21-24(32)30(25(35)36-21)29-23(31)15-6-8-17(27)9-7-15/h2-12H,13H2,1H3,(H,29,31)/b21-12+. The van der Waals surface area contributed by atoms with Crippen LogP contribution in [0.15, 0.2) is 70.0 Å². The molecule has 1 N–H and O–H groups in total. The summed E-state index contributed by atoms with van der Waals surface area (Å²) in [4.78, 5) is 25.9. The van der Waals surface area contributed by atoms with E-state index in [-0.39, 0.29) is 10.9 Å². The molecule has 3 aromatic carbocycles. The minimum atomic E-state index is -0.478. The van der Waals surface area contributed by atoms with Crippen LogP contribution < -0.4 is 14.9 Å². The summed E-state index contributed by atoms with van der Waals surface area (Å²) in [5.74, 6) is 0.0432. The van der Waals surface area contributed by atoms with Gasteiger partial charge in [-0.05, 0) is 82.3 Å². The van der Waals surface area contributed by atoms with E-state index in [4.69, 9.17) is 44.9 Å². The van der Waals surface area contributed by atoms with Crippen LogP contribution in [0, 0.1) is 0 Å². The number of nitrogens with zero attached hydrogens (tertiary/aromatic N) is 1. The molecule has 1 fully saturated rings. The highest BCUT2D eigenvalue weighted by Crippen LogP contribution is 2.39. The molecule has 0 radical (unpaired) electrons. The van der Waals surface area contributed by atoms with Crippen LogP contribution in [0.1, 0.15) is 21.5 Å². The van der Waals surface area contributed by atoms with Crippen LogP contribution in [-0.4, -0.2) is 28.3 Å². The number of nitrogens with one attached hydrogen (secondary N) is 1. The van der Waals surface area contributed by atoms with Gasteiger partial charge in [-0.15, -0.1) is 0 Å². The smallest absolute Gasteiger partial charge is 0.285 e. The molecule has 0 atom stereocenters. The maximum atomic E-state index is 13.0. The van der Waals surface area contributed by atoms with Crippen molar-refractivity contribution in [3.8, 4) is 11.5 Å². The van der Waals surface area contributed by atoms with Gasteiger partial charge >= 0.3 is 0 Å². The molecule has 6 nitrogen and oxygen atoms in total. The first-order valence-electron chi connectivity index (χ1n) is 10.3. The van der Waals surface area contributed by atoms with E-state index < -0.39 is 11.8 Å². The molecular weight excluding hydrogens is 607 g/mol. The third kappa shape index (κ3) is 6.04. The molecule has 0 aromatic heterocycles. The maximum absolute atomic E-state index is 13.0. The van der Waals surface area contributed by atoms with Crippen molar-refractivity contribution < 1.29 is 19.1 Å². The number of ether oxygens (including phenoxy) is 2. The average Bonchev–Trinajstić information content (AvgIpc) is 3.11. The fourth-order valence-corrected chi connectivity index (χ4v) is 5.28. The van der Waals surface area contributed by atoms with Gasteiger partial charge in [-0.3, -0.25) is 15.0 Å². The quantitative estimate of drug-likeness (QED) is 0.228. The molecule has 1 aliphatic heterocycles. The Bertz CT molecular complexity index is 1380. The molecule has 0 bridgehead atoms. The topological polar surface area (TPSA) is 67.9 Å². The van der Waals surface area contributed by atoms with Crippen molar-refractivity contribution in [2.24, 2.45) is 0 Å². The third-order valence-electron chi connectivity index (χ3n) is 4.99. The first kappa shape index (κ1) is 26.5. The second-order valence-corrected chi connectivity index (χ2v) is 10.8. The number of thiocarbonyl (C=S) groups is 1.